The lowest BCUT2D eigenvalue weighted by molar-refractivity contribution is -0.141. The molecule has 6 heteroatoms. The lowest BCUT2D eigenvalue weighted by atomic mass is 10.1. The highest BCUT2D eigenvalue weighted by Crippen LogP contribution is 2.23. The molecule has 1 N–H and O–H groups in total. The van der Waals surface area contributed by atoms with Crippen molar-refractivity contribution < 1.29 is 23.8 Å². The Kier molecular flexibility index (Phi) is 4.79. The van der Waals surface area contributed by atoms with Crippen LogP contribution in [0.1, 0.15) is 40.3 Å². The number of aliphatic carboxylic acids is 1. The van der Waals surface area contributed by atoms with E-state index in [-0.39, 0.29) is 18.3 Å². The predicted octanol–water partition coefficient (Wildman–Crippen LogP) is 3.16. The van der Waals surface area contributed by atoms with Crippen LogP contribution < -0.4 is 4.74 Å². The highest BCUT2D eigenvalue weighted by Gasteiger charge is 2.35. The fourth-order valence-corrected chi connectivity index (χ4v) is 3.09. The standard InChI is InChI=1S/C19H21NO5/c1-12-5-7-16(13(2)10-12)24-11-14-6-8-17(25-14)18(21)20-9-3-4-15(20)19(22)23/h5-8,10,15H,3-4,9,11H2,1-2H3,(H,22,23)/t15-/m0/s1. The monoisotopic (exact) mass is 343 g/mol. The zero-order chi connectivity index (χ0) is 18.0. The first kappa shape index (κ1) is 17.1. The molecular formula is C19H21NO5. The Morgan fingerprint density at radius 3 is 2.80 bits per heavy atom. The lowest BCUT2D eigenvalue weighted by Crippen LogP contribution is -2.40. The van der Waals surface area contributed by atoms with E-state index in [4.69, 9.17) is 9.15 Å². The van der Waals surface area contributed by atoms with Gasteiger partial charge in [-0.3, -0.25) is 4.79 Å². The Balaban J connectivity index is 1.66. The summed E-state index contributed by atoms with van der Waals surface area (Å²) in [5.74, 6) is 0.0700. The average molecular weight is 343 g/mol. The van der Waals surface area contributed by atoms with Gasteiger partial charge in [-0.2, -0.15) is 0 Å². The number of amides is 1. The maximum absolute atomic E-state index is 12.5. The number of carbonyl (C=O) groups is 2. The van der Waals surface area contributed by atoms with Gasteiger partial charge in [-0.05, 0) is 50.5 Å². The fraction of sp³-hybridized carbons (Fsp3) is 0.368. The van der Waals surface area contributed by atoms with Gasteiger partial charge in [-0.15, -0.1) is 0 Å². The summed E-state index contributed by atoms with van der Waals surface area (Å²) in [4.78, 5) is 25.0. The van der Waals surface area contributed by atoms with Crippen molar-refractivity contribution in [3.05, 3.63) is 53.0 Å². The van der Waals surface area contributed by atoms with Gasteiger partial charge in [0.2, 0.25) is 0 Å². The van der Waals surface area contributed by atoms with Crippen molar-refractivity contribution in [1.29, 1.82) is 0 Å². The fourth-order valence-electron chi connectivity index (χ4n) is 3.09. The van der Waals surface area contributed by atoms with E-state index in [2.05, 4.69) is 0 Å². The number of furan rings is 1. The van der Waals surface area contributed by atoms with E-state index in [1.807, 2.05) is 32.0 Å². The van der Waals surface area contributed by atoms with Gasteiger partial charge in [0, 0.05) is 6.54 Å². The van der Waals surface area contributed by atoms with Crippen LogP contribution in [0.3, 0.4) is 0 Å². The molecule has 1 amide bonds. The summed E-state index contributed by atoms with van der Waals surface area (Å²) in [5, 5.41) is 9.20. The molecule has 2 aromatic rings. The third-order valence-corrected chi connectivity index (χ3v) is 4.37. The molecule has 0 spiro atoms. The zero-order valence-corrected chi connectivity index (χ0v) is 14.3. The van der Waals surface area contributed by atoms with Crippen LogP contribution in [0, 0.1) is 13.8 Å². The van der Waals surface area contributed by atoms with Crippen molar-refractivity contribution in [3.8, 4) is 5.75 Å². The zero-order valence-electron chi connectivity index (χ0n) is 14.3. The van der Waals surface area contributed by atoms with Gasteiger partial charge in [-0.1, -0.05) is 17.7 Å². The molecule has 2 heterocycles. The van der Waals surface area contributed by atoms with E-state index >= 15 is 0 Å². The molecule has 1 atom stereocenters. The third kappa shape index (κ3) is 3.68. The average Bonchev–Trinajstić information content (AvgIpc) is 3.23. The number of hydrogen-bond acceptors (Lipinski definition) is 4. The number of carboxylic acids is 1. The van der Waals surface area contributed by atoms with Crippen LogP contribution in [0.5, 0.6) is 5.75 Å². The molecule has 1 aliphatic rings. The first-order valence-corrected chi connectivity index (χ1v) is 8.28. The summed E-state index contributed by atoms with van der Waals surface area (Å²) in [6, 6.07) is 8.39. The summed E-state index contributed by atoms with van der Waals surface area (Å²) < 4.78 is 11.3. The van der Waals surface area contributed by atoms with E-state index in [0.29, 0.717) is 25.1 Å². The van der Waals surface area contributed by atoms with Gasteiger partial charge in [-0.25, -0.2) is 4.79 Å². The number of carboxylic acid groups (broad SMARTS) is 1. The van der Waals surface area contributed by atoms with Crippen molar-refractivity contribution in [2.24, 2.45) is 0 Å². The second-order valence-corrected chi connectivity index (χ2v) is 6.32. The van der Waals surface area contributed by atoms with Gasteiger partial charge in [0.25, 0.3) is 5.91 Å². The van der Waals surface area contributed by atoms with Crippen molar-refractivity contribution in [1.82, 2.24) is 4.90 Å². The Hall–Kier alpha value is -2.76. The summed E-state index contributed by atoms with van der Waals surface area (Å²) in [6.45, 7) is 4.63. The van der Waals surface area contributed by atoms with Crippen LogP contribution in [0.25, 0.3) is 0 Å². The molecule has 25 heavy (non-hydrogen) atoms. The van der Waals surface area contributed by atoms with E-state index in [1.165, 1.54) is 4.90 Å². The predicted molar refractivity (Wildman–Crippen MR) is 90.7 cm³/mol. The molecule has 6 nitrogen and oxygen atoms in total. The highest BCUT2D eigenvalue weighted by atomic mass is 16.5. The molecule has 1 saturated heterocycles. The Bertz CT molecular complexity index is 795. The SMILES string of the molecule is Cc1ccc(OCc2ccc(C(=O)N3CCC[C@H]3C(=O)O)o2)c(C)c1. The minimum absolute atomic E-state index is 0.146. The maximum Gasteiger partial charge on any atom is 0.326 e. The summed E-state index contributed by atoms with van der Waals surface area (Å²) in [6.07, 6.45) is 1.16. The van der Waals surface area contributed by atoms with Crippen molar-refractivity contribution >= 4 is 11.9 Å². The molecule has 1 aliphatic heterocycles. The largest absolute Gasteiger partial charge is 0.485 e. The number of carbonyl (C=O) groups excluding carboxylic acids is 1. The second kappa shape index (κ2) is 7.01. The molecule has 132 valence electrons. The van der Waals surface area contributed by atoms with E-state index in [9.17, 15) is 14.7 Å². The summed E-state index contributed by atoms with van der Waals surface area (Å²) in [5.41, 5.74) is 2.19. The normalized spacial score (nSPS) is 16.9. The quantitative estimate of drug-likeness (QED) is 0.902. The van der Waals surface area contributed by atoms with E-state index < -0.39 is 12.0 Å². The van der Waals surface area contributed by atoms with Crippen LogP contribution in [-0.4, -0.2) is 34.5 Å². The van der Waals surface area contributed by atoms with Crippen LogP contribution in [0.2, 0.25) is 0 Å². The molecule has 0 radical (unpaired) electrons. The molecule has 0 bridgehead atoms. The molecule has 0 aliphatic carbocycles. The van der Waals surface area contributed by atoms with Gasteiger partial charge < -0.3 is 19.2 Å². The van der Waals surface area contributed by atoms with Crippen molar-refractivity contribution in [2.45, 2.75) is 39.3 Å². The van der Waals surface area contributed by atoms with E-state index in [0.717, 1.165) is 16.9 Å². The highest BCUT2D eigenvalue weighted by molar-refractivity contribution is 5.94. The molecule has 1 fully saturated rings. The Morgan fingerprint density at radius 2 is 2.08 bits per heavy atom. The summed E-state index contributed by atoms with van der Waals surface area (Å²) in [7, 11) is 0. The lowest BCUT2D eigenvalue weighted by Gasteiger charge is -2.19. The maximum atomic E-state index is 12.5. The van der Waals surface area contributed by atoms with Gasteiger partial charge >= 0.3 is 5.97 Å². The molecule has 1 aromatic heterocycles. The van der Waals surface area contributed by atoms with Gasteiger partial charge in [0.1, 0.15) is 24.2 Å². The van der Waals surface area contributed by atoms with Gasteiger partial charge in [0.15, 0.2) is 5.76 Å². The smallest absolute Gasteiger partial charge is 0.326 e. The molecule has 1 aromatic carbocycles. The summed E-state index contributed by atoms with van der Waals surface area (Å²) >= 11 is 0. The number of hydrogen-bond donors (Lipinski definition) is 1. The van der Waals surface area contributed by atoms with Gasteiger partial charge in [0.05, 0.1) is 0 Å². The number of ether oxygens (including phenoxy) is 1. The van der Waals surface area contributed by atoms with Crippen molar-refractivity contribution in [2.75, 3.05) is 6.54 Å². The minimum atomic E-state index is -0.976. The molecule has 0 unspecified atom stereocenters. The molecule has 3 rings (SSSR count). The number of aryl methyl sites for hydroxylation is 2. The Labute approximate surface area is 146 Å². The van der Waals surface area contributed by atoms with Crippen LogP contribution in [0.4, 0.5) is 0 Å². The first-order chi connectivity index (χ1) is 12.0. The minimum Gasteiger partial charge on any atom is -0.485 e. The van der Waals surface area contributed by atoms with Crippen LogP contribution in [0.15, 0.2) is 34.7 Å². The topological polar surface area (TPSA) is 80.0 Å². The number of likely N-dealkylation sites (tertiary alicyclic amines) is 1. The van der Waals surface area contributed by atoms with E-state index in [1.54, 1.807) is 12.1 Å². The van der Waals surface area contributed by atoms with Crippen molar-refractivity contribution in [3.63, 3.8) is 0 Å². The molecule has 0 saturated carbocycles. The van der Waals surface area contributed by atoms with Crippen LogP contribution in [-0.2, 0) is 11.4 Å². The number of nitrogens with zero attached hydrogens (tertiary/aromatic N) is 1. The number of rotatable bonds is 5. The first-order valence-electron chi connectivity index (χ1n) is 8.28. The molecular weight excluding hydrogens is 322 g/mol. The number of benzene rings is 1. The Morgan fingerprint density at radius 1 is 1.28 bits per heavy atom. The van der Waals surface area contributed by atoms with Crippen LogP contribution >= 0.6 is 0 Å². The second-order valence-electron chi connectivity index (χ2n) is 6.32. The third-order valence-electron chi connectivity index (χ3n) is 4.37.